The number of ether oxygens (including phenoxy) is 4. The molecule has 1 saturated heterocycles. The van der Waals surface area contributed by atoms with E-state index in [1.165, 1.54) is 13.8 Å². The van der Waals surface area contributed by atoms with E-state index in [9.17, 15) is 19.5 Å². The van der Waals surface area contributed by atoms with Crippen molar-refractivity contribution in [3.8, 4) is 0 Å². The number of aliphatic hydroxyl groups is 1. The molecular weight excluding hydrogens is 500 g/mol. The van der Waals surface area contributed by atoms with E-state index in [-0.39, 0.29) is 11.8 Å². The summed E-state index contributed by atoms with van der Waals surface area (Å²) >= 11 is 0. The van der Waals surface area contributed by atoms with Gasteiger partial charge in [-0.1, -0.05) is 56.4 Å². The van der Waals surface area contributed by atoms with Gasteiger partial charge in [0.25, 0.3) is 0 Å². The van der Waals surface area contributed by atoms with Crippen LogP contribution >= 0.6 is 0 Å². The van der Waals surface area contributed by atoms with E-state index >= 15 is 0 Å². The van der Waals surface area contributed by atoms with Crippen LogP contribution in [0.4, 0.5) is 0 Å². The molecule has 1 spiro atoms. The molecule has 1 aromatic rings. The van der Waals surface area contributed by atoms with Gasteiger partial charge in [0.05, 0.1) is 17.1 Å². The molecule has 39 heavy (non-hydrogen) atoms. The molecule has 1 N–H and O–H groups in total. The van der Waals surface area contributed by atoms with Crippen LogP contribution < -0.4 is 0 Å². The fraction of sp³-hybridized carbons (Fsp3) is 0.516. The van der Waals surface area contributed by atoms with Crippen LogP contribution in [-0.4, -0.2) is 47.8 Å². The first kappa shape index (κ1) is 28.8. The van der Waals surface area contributed by atoms with Crippen LogP contribution in [0.25, 0.3) is 0 Å². The Kier molecular flexibility index (Phi) is 8.19. The number of aliphatic hydroxyl groups excluding tert-OH is 1. The standard InChI is InChI=1S/C31H38O8/c1-7-18(2)13-14-30(6)19(3)15-26(34)31-24(28(36-20(4)32)39-29(31)37-21(5)33)16-23(17-25(30)31)38-27(35)22-11-9-8-10-12-22/h7-13,16,19,23,25-26,28-29,34H,1,14-15,17H2,2-6H3/b18-13+/t19-,23+,25+,26-,28+,29+,30-,31-/m0/s1. The Morgan fingerprint density at radius 1 is 1.08 bits per heavy atom. The van der Waals surface area contributed by atoms with Gasteiger partial charge in [-0.15, -0.1) is 0 Å². The summed E-state index contributed by atoms with van der Waals surface area (Å²) in [6.45, 7) is 12.6. The van der Waals surface area contributed by atoms with Crippen molar-refractivity contribution in [1.82, 2.24) is 0 Å². The lowest BCUT2D eigenvalue weighted by molar-refractivity contribution is -0.253. The summed E-state index contributed by atoms with van der Waals surface area (Å²) in [5.74, 6) is -1.98. The molecule has 2 aliphatic carbocycles. The Morgan fingerprint density at radius 2 is 1.74 bits per heavy atom. The Hall–Kier alpha value is -3.23. The molecular formula is C31H38O8. The maximum absolute atomic E-state index is 13.1. The number of carbonyl (C=O) groups is 3. The topological polar surface area (TPSA) is 108 Å². The summed E-state index contributed by atoms with van der Waals surface area (Å²) in [7, 11) is 0. The van der Waals surface area contributed by atoms with Crippen molar-refractivity contribution in [2.45, 2.75) is 78.7 Å². The lowest BCUT2D eigenvalue weighted by Crippen LogP contribution is -2.63. The minimum atomic E-state index is -1.20. The van der Waals surface area contributed by atoms with Gasteiger partial charge in [0.15, 0.2) is 0 Å². The van der Waals surface area contributed by atoms with Crippen molar-refractivity contribution in [3.05, 3.63) is 71.8 Å². The fourth-order valence-electron chi connectivity index (χ4n) is 6.65. The third-order valence-electron chi connectivity index (χ3n) is 8.85. The van der Waals surface area contributed by atoms with E-state index in [4.69, 9.17) is 18.9 Å². The summed E-state index contributed by atoms with van der Waals surface area (Å²) in [4.78, 5) is 37.4. The Morgan fingerprint density at radius 3 is 2.36 bits per heavy atom. The number of hydrogen-bond acceptors (Lipinski definition) is 8. The lowest BCUT2D eigenvalue weighted by Gasteiger charge is -2.60. The zero-order valence-electron chi connectivity index (χ0n) is 23.2. The van der Waals surface area contributed by atoms with E-state index in [1.54, 1.807) is 36.4 Å². The molecule has 8 atom stereocenters. The van der Waals surface area contributed by atoms with Crippen LogP contribution in [0.2, 0.25) is 0 Å². The third kappa shape index (κ3) is 5.20. The normalized spacial score (nSPS) is 35.6. The zero-order valence-corrected chi connectivity index (χ0v) is 23.2. The minimum absolute atomic E-state index is 0.0487. The second-order valence-corrected chi connectivity index (χ2v) is 11.2. The van der Waals surface area contributed by atoms with E-state index in [0.29, 0.717) is 30.4 Å². The monoisotopic (exact) mass is 538 g/mol. The molecule has 1 aromatic carbocycles. The molecule has 0 radical (unpaired) electrons. The van der Waals surface area contributed by atoms with Crippen LogP contribution in [0.15, 0.2) is 66.3 Å². The van der Waals surface area contributed by atoms with Crippen molar-refractivity contribution in [2.24, 2.45) is 22.7 Å². The number of carbonyl (C=O) groups excluding carboxylic acids is 3. The van der Waals surface area contributed by atoms with Crippen molar-refractivity contribution in [3.63, 3.8) is 0 Å². The van der Waals surface area contributed by atoms with E-state index in [2.05, 4.69) is 26.5 Å². The minimum Gasteiger partial charge on any atom is -0.455 e. The number of hydrogen-bond donors (Lipinski definition) is 1. The van der Waals surface area contributed by atoms with Gasteiger partial charge in [-0.2, -0.15) is 0 Å². The summed E-state index contributed by atoms with van der Waals surface area (Å²) in [5, 5.41) is 11.8. The van der Waals surface area contributed by atoms with Gasteiger partial charge >= 0.3 is 17.9 Å². The molecule has 1 saturated carbocycles. The number of benzene rings is 1. The average molecular weight is 539 g/mol. The first-order chi connectivity index (χ1) is 18.4. The smallest absolute Gasteiger partial charge is 0.338 e. The SMILES string of the molecule is C=C/C(C)=C/C[C@]1(C)[C@H]2C[C@H](OC(=O)c3ccccc3)C=C3[C@H](OC(C)=O)O[C@@H](OC(C)=O)[C@@]32[C@@H](O)C[C@@H]1C. The van der Waals surface area contributed by atoms with Gasteiger partial charge in [0.2, 0.25) is 12.6 Å². The molecule has 1 heterocycles. The predicted molar refractivity (Wildman–Crippen MR) is 143 cm³/mol. The summed E-state index contributed by atoms with van der Waals surface area (Å²) in [6.07, 6.45) is 2.97. The summed E-state index contributed by atoms with van der Waals surface area (Å²) in [6, 6.07) is 8.70. The van der Waals surface area contributed by atoms with Crippen molar-refractivity contribution >= 4 is 17.9 Å². The highest BCUT2D eigenvalue weighted by Gasteiger charge is 2.71. The Balaban J connectivity index is 1.87. The van der Waals surface area contributed by atoms with Gasteiger partial charge in [0.1, 0.15) is 6.10 Å². The highest BCUT2D eigenvalue weighted by molar-refractivity contribution is 5.89. The molecule has 2 fully saturated rings. The molecule has 0 unspecified atom stereocenters. The number of allylic oxidation sites excluding steroid dienone is 3. The van der Waals surface area contributed by atoms with Crippen LogP contribution in [-0.2, 0) is 28.5 Å². The second kappa shape index (κ2) is 11.1. The van der Waals surface area contributed by atoms with Gasteiger partial charge in [-0.25, -0.2) is 4.79 Å². The lowest BCUT2D eigenvalue weighted by atomic mass is 9.45. The fourth-order valence-corrected chi connectivity index (χ4v) is 6.65. The first-order valence-electron chi connectivity index (χ1n) is 13.4. The second-order valence-electron chi connectivity index (χ2n) is 11.2. The molecule has 0 bridgehead atoms. The van der Waals surface area contributed by atoms with E-state index in [1.807, 2.05) is 13.0 Å². The molecule has 210 valence electrons. The number of esters is 3. The molecule has 3 aliphatic rings. The Labute approximate surface area is 229 Å². The van der Waals surface area contributed by atoms with E-state index < -0.39 is 53.5 Å². The van der Waals surface area contributed by atoms with Gasteiger partial charge in [0, 0.05) is 19.4 Å². The quantitative estimate of drug-likeness (QED) is 0.226. The van der Waals surface area contributed by atoms with Gasteiger partial charge in [-0.05, 0) is 61.6 Å². The highest BCUT2D eigenvalue weighted by Crippen LogP contribution is 2.67. The zero-order chi connectivity index (χ0) is 28.5. The van der Waals surface area contributed by atoms with Crippen LogP contribution in [0.5, 0.6) is 0 Å². The maximum atomic E-state index is 13.1. The van der Waals surface area contributed by atoms with Crippen LogP contribution in [0, 0.1) is 22.7 Å². The highest BCUT2D eigenvalue weighted by atomic mass is 16.8. The van der Waals surface area contributed by atoms with Crippen LogP contribution in [0.1, 0.15) is 64.2 Å². The van der Waals surface area contributed by atoms with Crippen molar-refractivity contribution in [1.29, 1.82) is 0 Å². The van der Waals surface area contributed by atoms with Gasteiger partial charge in [-0.3, -0.25) is 14.3 Å². The van der Waals surface area contributed by atoms with Crippen LogP contribution in [0.3, 0.4) is 0 Å². The molecule has 8 nitrogen and oxygen atoms in total. The molecule has 1 aliphatic heterocycles. The molecule has 4 rings (SSSR count). The molecule has 8 heteroatoms. The molecule has 0 amide bonds. The summed E-state index contributed by atoms with van der Waals surface area (Å²) in [5.41, 5.74) is 0.251. The van der Waals surface area contributed by atoms with Gasteiger partial charge < -0.3 is 19.3 Å². The first-order valence-corrected chi connectivity index (χ1v) is 13.4. The largest absolute Gasteiger partial charge is 0.455 e. The maximum Gasteiger partial charge on any atom is 0.338 e. The molecule has 0 aromatic heterocycles. The third-order valence-corrected chi connectivity index (χ3v) is 8.85. The predicted octanol–water partition coefficient (Wildman–Crippen LogP) is 4.88. The summed E-state index contributed by atoms with van der Waals surface area (Å²) < 4.78 is 23.3. The van der Waals surface area contributed by atoms with Crippen molar-refractivity contribution in [2.75, 3.05) is 0 Å². The van der Waals surface area contributed by atoms with E-state index in [0.717, 1.165) is 5.57 Å². The van der Waals surface area contributed by atoms with Crippen molar-refractivity contribution < 1.29 is 38.4 Å². The number of rotatable bonds is 7. The Bertz CT molecular complexity index is 1190. The average Bonchev–Trinajstić information content (AvgIpc) is 3.18.